The number of likely N-dealkylation sites (tertiary alicyclic amines) is 1. The van der Waals surface area contributed by atoms with Gasteiger partial charge in [0, 0.05) is 18.0 Å². The first-order valence-corrected chi connectivity index (χ1v) is 12.3. The van der Waals surface area contributed by atoms with Crippen molar-refractivity contribution < 1.29 is 18.0 Å². The molecule has 2 aliphatic heterocycles. The quantitative estimate of drug-likeness (QED) is 0.690. The number of benzene rings is 2. The Hall–Kier alpha value is -2.52. The van der Waals surface area contributed by atoms with Gasteiger partial charge in [0.05, 0.1) is 16.3 Å². The Labute approximate surface area is 180 Å². The number of hydrogen-bond acceptors (Lipinski definition) is 5. The Morgan fingerprint density at radius 2 is 1.93 bits per heavy atom. The number of sulfonamides is 1. The fraction of sp³-hybridized carbons (Fsp3) is 0.333. The number of rotatable bonds is 5. The molecule has 1 atom stereocenters. The van der Waals surface area contributed by atoms with E-state index in [2.05, 4.69) is 10.0 Å². The zero-order chi connectivity index (χ0) is 21.3. The molecule has 0 bridgehead atoms. The summed E-state index contributed by atoms with van der Waals surface area (Å²) in [7, 11) is -3.83. The van der Waals surface area contributed by atoms with Crippen LogP contribution in [0.1, 0.15) is 25.3 Å². The molecule has 2 aromatic rings. The zero-order valence-corrected chi connectivity index (χ0v) is 18.2. The highest BCUT2D eigenvalue weighted by atomic mass is 32.2. The first-order chi connectivity index (χ1) is 14.4. The van der Waals surface area contributed by atoms with Crippen molar-refractivity contribution >= 4 is 45.0 Å². The maximum atomic E-state index is 12.9. The van der Waals surface area contributed by atoms with E-state index in [0.717, 1.165) is 18.4 Å². The smallest absolute Gasteiger partial charge is 0.261 e. The number of para-hydroxylation sites is 1. The standard InChI is InChI=1S/C21H23N3O4S2/c1-2-14-7-3-4-8-16(14)23-30(27,28)15-9-10-18-17(13-15)22-20(25)19(29-18)21(26)24-11-5-6-12-24/h3-4,7-10,13,19,23H,2,5-6,11-12H2,1H3,(H,22,25). The van der Waals surface area contributed by atoms with Crippen LogP contribution in [-0.4, -0.2) is 43.5 Å². The summed E-state index contributed by atoms with van der Waals surface area (Å²) in [5.41, 5.74) is 1.83. The van der Waals surface area contributed by atoms with E-state index in [4.69, 9.17) is 0 Å². The van der Waals surface area contributed by atoms with Gasteiger partial charge in [-0.15, -0.1) is 11.8 Å². The first kappa shape index (κ1) is 20.7. The van der Waals surface area contributed by atoms with Crippen molar-refractivity contribution in [3.63, 3.8) is 0 Å². The lowest BCUT2D eigenvalue weighted by molar-refractivity contribution is -0.133. The molecule has 1 unspecified atom stereocenters. The van der Waals surface area contributed by atoms with E-state index >= 15 is 0 Å². The molecule has 30 heavy (non-hydrogen) atoms. The second-order valence-corrected chi connectivity index (χ2v) is 10.1. The van der Waals surface area contributed by atoms with Crippen molar-refractivity contribution in [3.05, 3.63) is 48.0 Å². The summed E-state index contributed by atoms with van der Waals surface area (Å²) in [6.07, 6.45) is 2.61. The molecule has 2 amide bonds. The van der Waals surface area contributed by atoms with Crippen LogP contribution in [0.5, 0.6) is 0 Å². The van der Waals surface area contributed by atoms with Crippen molar-refractivity contribution in [1.82, 2.24) is 4.90 Å². The van der Waals surface area contributed by atoms with Crippen LogP contribution < -0.4 is 10.0 Å². The minimum Gasteiger partial charge on any atom is -0.341 e. The summed E-state index contributed by atoms with van der Waals surface area (Å²) in [6.45, 7) is 3.31. The van der Waals surface area contributed by atoms with E-state index in [1.807, 2.05) is 19.1 Å². The predicted molar refractivity (Wildman–Crippen MR) is 117 cm³/mol. The highest BCUT2D eigenvalue weighted by molar-refractivity contribution is 8.01. The van der Waals surface area contributed by atoms with Crippen molar-refractivity contribution in [2.75, 3.05) is 23.1 Å². The Morgan fingerprint density at radius 3 is 2.67 bits per heavy atom. The molecular formula is C21H23N3O4S2. The number of carbonyl (C=O) groups is 2. The number of nitrogens with one attached hydrogen (secondary N) is 2. The van der Waals surface area contributed by atoms with E-state index in [1.54, 1.807) is 23.1 Å². The molecule has 0 saturated carbocycles. The second-order valence-electron chi connectivity index (χ2n) is 7.29. The molecule has 0 radical (unpaired) electrons. The molecule has 1 saturated heterocycles. The van der Waals surface area contributed by atoms with Gasteiger partial charge in [-0.05, 0) is 49.1 Å². The highest BCUT2D eigenvalue weighted by Gasteiger charge is 2.37. The highest BCUT2D eigenvalue weighted by Crippen LogP contribution is 2.38. The van der Waals surface area contributed by atoms with Gasteiger partial charge in [-0.2, -0.15) is 0 Å². The molecular weight excluding hydrogens is 422 g/mol. The Bertz CT molecular complexity index is 1100. The number of aryl methyl sites for hydroxylation is 1. The molecule has 2 aromatic carbocycles. The molecule has 2 N–H and O–H groups in total. The Balaban J connectivity index is 1.56. The molecule has 0 aromatic heterocycles. The lowest BCUT2D eigenvalue weighted by Gasteiger charge is -2.27. The average molecular weight is 446 g/mol. The van der Waals surface area contributed by atoms with E-state index in [1.165, 1.54) is 23.9 Å². The Morgan fingerprint density at radius 1 is 1.20 bits per heavy atom. The zero-order valence-electron chi connectivity index (χ0n) is 16.6. The molecule has 9 heteroatoms. The molecule has 7 nitrogen and oxygen atoms in total. The van der Waals surface area contributed by atoms with Crippen molar-refractivity contribution in [2.45, 2.75) is 41.2 Å². The third-order valence-corrected chi connectivity index (χ3v) is 7.91. The summed E-state index contributed by atoms with van der Waals surface area (Å²) in [6, 6.07) is 11.8. The van der Waals surface area contributed by atoms with Crippen LogP contribution >= 0.6 is 11.8 Å². The van der Waals surface area contributed by atoms with Gasteiger partial charge in [0.15, 0.2) is 5.25 Å². The van der Waals surface area contributed by atoms with E-state index in [9.17, 15) is 18.0 Å². The van der Waals surface area contributed by atoms with Gasteiger partial charge in [-0.3, -0.25) is 14.3 Å². The molecule has 1 fully saturated rings. The molecule has 4 rings (SSSR count). The topological polar surface area (TPSA) is 95.6 Å². The van der Waals surface area contributed by atoms with Gasteiger partial charge in [-0.1, -0.05) is 25.1 Å². The van der Waals surface area contributed by atoms with Gasteiger partial charge < -0.3 is 10.2 Å². The number of nitrogens with zero attached hydrogens (tertiary/aromatic N) is 1. The molecule has 2 heterocycles. The summed E-state index contributed by atoms with van der Waals surface area (Å²) < 4.78 is 28.4. The van der Waals surface area contributed by atoms with Crippen LogP contribution in [0.4, 0.5) is 11.4 Å². The van der Waals surface area contributed by atoms with Crippen LogP contribution in [0.2, 0.25) is 0 Å². The normalized spacial score (nSPS) is 18.6. The van der Waals surface area contributed by atoms with E-state index in [0.29, 0.717) is 35.8 Å². The summed E-state index contributed by atoms with van der Waals surface area (Å²) >= 11 is 1.17. The van der Waals surface area contributed by atoms with Gasteiger partial charge in [0.1, 0.15) is 0 Å². The monoisotopic (exact) mass is 445 g/mol. The van der Waals surface area contributed by atoms with Crippen LogP contribution in [0.15, 0.2) is 52.3 Å². The van der Waals surface area contributed by atoms with Crippen molar-refractivity contribution in [3.8, 4) is 0 Å². The molecule has 158 valence electrons. The fourth-order valence-electron chi connectivity index (χ4n) is 3.65. The number of amides is 2. The fourth-order valence-corrected chi connectivity index (χ4v) is 5.83. The maximum Gasteiger partial charge on any atom is 0.261 e. The predicted octanol–water partition coefficient (Wildman–Crippen LogP) is 3.09. The van der Waals surface area contributed by atoms with Crippen LogP contribution in [0.25, 0.3) is 0 Å². The van der Waals surface area contributed by atoms with Gasteiger partial charge >= 0.3 is 0 Å². The number of thioether (sulfide) groups is 1. The summed E-state index contributed by atoms with van der Waals surface area (Å²) in [5.74, 6) is -0.599. The van der Waals surface area contributed by atoms with Crippen LogP contribution in [-0.2, 0) is 26.0 Å². The largest absolute Gasteiger partial charge is 0.341 e. The summed E-state index contributed by atoms with van der Waals surface area (Å²) in [5, 5.41) is 1.87. The number of hydrogen-bond donors (Lipinski definition) is 2. The van der Waals surface area contributed by atoms with Crippen molar-refractivity contribution in [1.29, 1.82) is 0 Å². The van der Waals surface area contributed by atoms with Crippen molar-refractivity contribution in [2.24, 2.45) is 0 Å². The molecule has 2 aliphatic rings. The first-order valence-electron chi connectivity index (χ1n) is 9.90. The maximum absolute atomic E-state index is 12.9. The van der Waals surface area contributed by atoms with Gasteiger partial charge in [0.2, 0.25) is 11.8 Å². The van der Waals surface area contributed by atoms with Gasteiger partial charge in [0.25, 0.3) is 10.0 Å². The summed E-state index contributed by atoms with van der Waals surface area (Å²) in [4.78, 5) is 27.6. The number of carbonyl (C=O) groups excluding carboxylic acids is 2. The lowest BCUT2D eigenvalue weighted by atomic mass is 10.1. The lowest BCUT2D eigenvalue weighted by Crippen LogP contribution is -2.43. The molecule has 0 spiro atoms. The van der Waals surface area contributed by atoms with Crippen LogP contribution in [0, 0.1) is 0 Å². The minimum atomic E-state index is -3.83. The number of fused-ring (bicyclic) bond motifs is 1. The average Bonchev–Trinajstić information content (AvgIpc) is 3.27. The van der Waals surface area contributed by atoms with Gasteiger partial charge in [-0.25, -0.2) is 8.42 Å². The van der Waals surface area contributed by atoms with E-state index < -0.39 is 21.2 Å². The number of anilines is 2. The Kier molecular flexibility index (Phi) is 5.75. The van der Waals surface area contributed by atoms with Crippen LogP contribution in [0.3, 0.4) is 0 Å². The minimum absolute atomic E-state index is 0.0531. The SMILES string of the molecule is CCc1ccccc1NS(=O)(=O)c1ccc2c(c1)NC(=O)C(C(=O)N1CCCC1)S2. The van der Waals surface area contributed by atoms with E-state index in [-0.39, 0.29) is 10.8 Å². The second kappa shape index (κ2) is 8.31. The third kappa shape index (κ3) is 4.04. The third-order valence-electron chi connectivity index (χ3n) is 5.29. The molecule has 0 aliphatic carbocycles.